The van der Waals surface area contributed by atoms with Gasteiger partial charge in [-0.3, -0.25) is 4.79 Å². The summed E-state index contributed by atoms with van der Waals surface area (Å²) in [5, 5.41) is 9.57. The average molecular weight is 232 g/mol. The number of Topliss-reactive ketones (excluding diaryl/α,β-unsaturated/α-hetero) is 1. The van der Waals surface area contributed by atoms with Crippen LogP contribution in [0.3, 0.4) is 0 Å². The van der Waals surface area contributed by atoms with Gasteiger partial charge in [-0.1, -0.05) is 6.07 Å². The first-order valence-electron chi connectivity index (χ1n) is 5.49. The molecule has 3 rings (SSSR count). The van der Waals surface area contributed by atoms with Crippen LogP contribution >= 0.6 is 0 Å². The number of aliphatic hydroxyl groups is 1. The molecule has 0 fully saturated rings. The number of rotatable bonds is 1. The molecule has 1 aliphatic heterocycles. The van der Waals surface area contributed by atoms with Crippen LogP contribution in [0.25, 0.3) is 0 Å². The molecule has 0 spiro atoms. The van der Waals surface area contributed by atoms with E-state index in [4.69, 9.17) is 9.47 Å². The van der Waals surface area contributed by atoms with Gasteiger partial charge in [0.1, 0.15) is 0 Å². The molecule has 0 amide bonds. The van der Waals surface area contributed by atoms with Crippen molar-refractivity contribution >= 4 is 5.78 Å². The number of ketones is 1. The molecular formula is C13H12O4. The summed E-state index contributed by atoms with van der Waals surface area (Å²) in [4.78, 5) is 11.4. The van der Waals surface area contributed by atoms with E-state index in [-0.39, 0.29) is 24.3 Å². The maximum absolute atomic E-state index is 11.4. The zero-order valence-electron chi connectivity index (χ0n) is 9.40. The van der Waals surface area contributed by atoms with Crippen molar-refractivity contribution in [2.75, 3.05) is 6.79 Å². The molecule has 1 aliphatic carbocycles. The van der Waals surface area contributed by atoms with Gasteiger partial charge in [0.05, 0.1) is 0 Å². The van der Waals surface area contributed by atoms with Crippen molar-refractivity contribution in [2.45, 2.75) is 19.3 Å². The summed E-state index contributed by atoms with van der Waals surface area (Å²) >= 11 is 0. The Morgan fingerprint density at radius 3 is 2.76 bits per heavy atom. The van der Waals surface area contributed by atoms with Crippen molar-refractivity contribution in [2.24, 2.45) is 0 Å². The highest BCUT2D eigenvalue weighted by atomic mass is 16.7. The number of carbonyl (C=O) groups is 1. The van der Waals surface area contributed by atoms with Gasteiger partial charge < -0.3 is 14.6 Å². The zero-order chi connectivity index (χ0) is 12.0. The average Bonchev–Trinajstić information content (AvgIpc) is 2.89. The lowest BCUT2D eigenvalue weighted by atomic mass is 9.93. The van der Waals surface area contributed by atoms with E-state index in [0.717, 1.165) is 16.9 Å². The Labute approximate surface area is 98.5 Å². The van der Waals surface area contributed by atoms with Crippen LogP contribution < -0.4 is 9.47 Å². The molecule has 17 heavy (non-hydrogen) atoms. The van der Waals surface area contributed by atoms with Gasteiger partial charge in [0.15, 0.2) is 23.0 Å². The number of fused-ring (bicyclic) bond motifs is 1. The van der Waals surface area contributed by atoms with Gasteiger partial charge in [0.25, 0.3) is 0 Å². The van der Waals surface area contributed by atoms with E-state index in [0.29, 0.717) is 12.2 Å². The lowest BCUT2D eigenvalue weighted by molar-refractivity contribution is -0.117. The molecule has 4 heteroatoms. The maximum Gasteiger partial charge on any atom is 0.231 e. The van der Waals surface area contributed by atoms with Crippen LogP contribution in [0.5, 0.6) is 11.5 Å². The molecule has 1 heterocycles. The predicted molar refractivity (Wildman–Crippen MR) is 60.3 cm³/mol. The van der Waals surface area contributed by atoms with Crippen molar-refractivity contribution in [3.63, 3.8) is 0 Å². The number of carbonyl (C=O) groups excluding carboxylic acids is 1. The fourth-order valence-corrected chi connectivity index (χ4v) is 2.32. The van der Waals surface area contributed by atoms with Crippen molar-refractivity contribution in [1.82, 2.24) is 0 Å². The molecule has 0 aromatic heterocycles. The molecule has 0 saturated carbocycles. The van der Waals surface area contributed by atoms with E-state index in [1.54, 1.807) is 6.92 Å². The molecular weight excluding hydrogens is 220 g/mol. The van der Waals surface area contributed by atoms with Crippen LogP contribution in [0.1, 0.15) is 24.8 Å². The van der Waals surface area contributed by atoms with Gasteiger partial charge in [-0.2, -0.15) is 0 Å². The molecule has 1 N–H and O–H groups in total. The van der Waals surface area contributed by atoms with E-state index in [2.05, 4.69) is 0 Å². The SMILES string of the molecule is CC1=C(O)C(=O)C[C@@H]1c1ccc2c(c1)OCO2. The lowest BCUT2D eigenvalue weighted by Crippen LogP contribution is -1.98. The van der Waals surface area contributed by atoms with Crippen LogP contribution in [0.15, 0.2) is 29.5 Å². The normalized spacial score (nSPS) is 22.4. The Balaban J connectivity index is 1.99. The first kappa shape index (κ1) is 10.2. The summed E-state index contributed by atoms with van der Waals surface area (Å²) in [5.74, 6) is 1.10. The van der Waals surface area contributed by atoms with E-state index in [9.17, 15) is 9.90 Å². The predicted octanol–water partition coefficient (Wildman–Crippen LogP) is 2.30. The van der Waals surface area contributed by atoms with Crippen LogP contribution in [0.4, 0.5) is 0 Å². The zero-order valence-corrected chi connectivity index (χ0v) is 9.40. The van der Waals surface area contributed by atoms with Gasteiger partial charge in [-0.15, -0.1) is 0 Å². The number of ether oxygens (including phenoxy) is 2. The highest BCUT2D eigenvalue weighted by molar-refractivity contribution is 5.97. The molecule has 1 aromatic rings. The minimum absolute atomic E-state index is 0.0444. The second kappa shape index (κ2) is 3.52. The van der Waals surface area contributed by atoms with Crippen molar-refractivity contribution < 1.29 is 19.4 Å². The fourth-order valence-electron chi connectivity index (χ4n) is 2.32. The first-order chi connectivity index (χ1) is 8.16. The summed E-state index contributed by atoms with van der Waals surface area (Å²) in [6, 6.07) is 5.63. The highest BCUT2D eigenvalue weighted by Crippen LogP contribution is 2.40. The Morgan fingerprint density at radius 2 is 2.06 bits per heavy atom. The van der Waals surface area contributed by atoms with Crippen molar-refractivity contribution in [1.29, 1.82) is 0 Å². The number of allylic oxidation sites excluding steroid dienone is 2. The minimum atomic E-state index is -0.190. The molecule has 1 aromatic carbocycles. The molecule has 0 saturated heterocycles. The molecule has 2 aliphatic rings. The van der Waals surface area contributed by atoms with E-state index in [1.165, 1.54) is 0 Å². The first-order valence-corrected chi connectivity index (χ1v) is 5.49. The smallest absolute Gasteiger partial charge is 0.231 e. The summed E-state index contributed by atoms with van der Waals surface area (Å²) in [6.07, 6.45) is 0.331. The summed E-state index contributed by atoms with van der Waals surface area (Å²) in [6.45, 7) is 2.03. The van der Waals surface area contributed by atoms with Crippen LogP contribution in [0, 0.1) is 0 Å². The van der Waals surface area contributed by atoms with Crippen molar-refractivity contribution in [3.05, 3.63) is 35.1 Å². The Hall–Kier alpha value is -1.97. The quantitative estimate of drug-likeness (QED) is 0.807. The fraction of sp³-hybridized carbons (Fsp3) is 0.308. The molecule has 1 atom stereocenters. The summed E-state index contributed by atoms with van der Waals surface area (Å²) in [5.41, 5.74) is 1.71. The number of benzene rings is 1. The van der Waals surface area contributed by atoms with E-state index < -0.39 is 0 Å². The van der Waals surface area contributed by atoms with Gasteiger partial charge in [-0.25, -0.2) is 0 Å². The second-order valence-electron chi connectivity index (χ2n) is 4.32. The third-order valence-corrected chi connectivity index (χ3v) is 3.35. The highest BCUT2D eigenvalue weighted by Gasteiger charge is 2.31. The van der Waals surface area contributed by atoms with E-state index in [1.807, 2.05) is 18.2 Å². The van der Waals surface area contributed by atoms with Gasteiger partial charge in [-0.05, 0) is 30.2 Å². The standard InChI is InChI=1S/C13H12O4/c1-7-9(5-10(14)13(7)15)8-2-3-11-12(4-8)17-6-16-11/h2-4,9,15H,5-6H2,1H3/t9-/m0/s1. The molecule has 0 bridgehead atoms. The second-order valence-corrected chi connectivity index (χ2v) is 4.32. The van der Waals surface area contributed by atoms with Crippen LogP contribution in [0.2, 0.25) is 0 Å². The molecule has 0 unspecified atom stereocenters. The third-order valence-electron chi connectivity index (χ3n) is 3.35. The number of hydrogen-bond acceptors (Lipinski definition) is 4. The van der Waals surface area contributed by atoms with Crippen LogP contribution in [-0.4, -0.2) is 17.7 Å². The largest absolute Gasteiger partial charge is 0.504 e. The molecule has 88 valence electrons. The van der Waals surface area contributed by atoms with Crippen LogP contribution in [-0.2, 0) is 4.79 Å². The lowest BCUT2D eigenvalue weighted by Gasteiger charge is -2.11. The molecule has 0 radical (unpaired) electrons. The monoisotopic (exact) mass is 232 g/mol. The molecule has 4 nitrogen and oxygen atoms in total. The Kier molecular flexibility index (Phi) is 2.11. The van der Waals surface area contributed by atoms with Gasteiger partial charge >= 0.3 is 0 Å². The van der Waals surface area contributed by atoms with Crippen molar-refractivity contribution in [3.8, 4) is 11.5 Å². The topological polar surface area (TPSA) is 55.8 Å². The summed E-state index contributed by atoms with van der Waals surface area (Å²) in [7, 11) is 0. The number of hydrogen-bond donors (Lipinski definition) is 1. The van der Waals surface area contributed by atoms with Gasteiger partial charge in [0, 0.05) is 12.3 Å². The van der Waals surface area contributed by atoms with E-state index >= 15 is 0 Å². The van der Waals surface area contributed by atoms with Gasteiger partial charge in [0.2, 0.25) is 6.79 Å². The Bertz CT molecular complexity index is 530. The Morgan fingerprint density at radius 1 is 1.29 bits per heavy atom. The minimum Gasteiger partial charge on any atom is -0.504 e. The summed E-state index contributed by atoms with van der Waals surface area (Å²) < 4.78 is 10.5. The number of aliphatic hydroxyl groups excluding tert-OH is 1. The third kappa shape index (κ3) is 1.48. The maximum atomic E-state index is 11.4.